The van der Waals surface area contributed by atoms with Gasteiger partial charge in [0.2, 0.25) is 0 Å². The average molecular weight is 440 g/mol. The summed E-state index contributed by atoms with van der Waals surface area (Å²) in [4.78, 5) is 12.6. The van der Waals surface area contributed by atoms with Crippen molar-refractivity contribution in [2.45, 2.75) is 30.3 Å². The van der Waals surface area contributed by atoms with E-state index in [1.165, 1.54) is 42.5 Å². The van der Waals surface area contributed by atoms with Crippen LogP contribution in [0.15, 0.2) is 71.6 Å². The van der Waals surface area contributed by atoms with Gasteiger partial charge in [-0.1, -0.05) is 30.3 Å². The number of carbonyl (C=O) groups excluding carboxylic acids is 1. The molecule has 0 saturated carbocycles. The molecule has 31 heavy (non-hydrogen) atoms. The fourth-order valence-corrected chi connectivity index (χ4v) is 5.61. The molecule has 1 amide bonds. The van der Waals surface area contributed by atoms with Gasteiger partial charge >= 0.3 is 0 Å². The first-order valence-corrected chi connectivity index (χ1v) is 11.6. The van der Waals surface area contributed by atoms with E-state index in [0.29, 0.717) is 17.7 Å². The summed E-state index contributed by atoms with van der Waals surface area (Å²) in [6.07, 6.45) is -0.337. The molecule has 0 unspecified atom stereocenters. The predicted molar refractivity (Wildman–Crippen MR) is 116 cm³/mol. The highest BCUT2D eigenvalue weighted by molar-refractivity contribution is 7.91. The molecule has 0 saturated heterocycles. The fraction of sp³-hybridized carbons (Fsp3) is 0.208. The zero-order valence-corrected chi connectivity index (χ0v) is 17.7. The first-order chi connectivity index (χ1) is 14.7. The van der Waals surface area contributed by atoms with Gasteiger partial charge in [-0.25, -0.2) is 12.8 Å². The van der Waals surface area contributed by atoms with Gasteiger partial charge in [0.15, 0.2) is 9.84 Å². The number of hydrogen-bond donors (Lipinski definition) is 2. The van der Waals surface area contributed by atoms with Gasteiger partial charge in [-0.3, -0.25) is 4.79 Å². The van der Waals surface area contributed by atoms with Crippen LogP contribution in [-0.2, 0) is 16.3 Å². The first kappa shape index (κ1) is 21.2. The van der Waals surface area contributed by atoms with Crippen molar-refractivity contribution < 1.29 is 22.7 Å². The second-order valence-electron chi connectivity index (χ2n) is 7.80. The molecule has 5 nitrogen and oxygen atoms in total. The third-order valence-electron chi connectivity index (χ3n) is 5.62. The van der Waals surface area contributed by atoms with Gasteiger partial charge in [0.25, 0.3) is 5.91 Å². The Balaban J connectivity index is 1.55. The third-order valence-corrected chi connectivity index (χ3v) is 7.39. The van der Waals surface area contributed by atoms with Crippen molar-refractivity contribution in [2.24, 2.45) is 0 Å². The number of aliphatic hydroxyl groups excluding tert-OH is 1. The smallest absolute Gasteiger partial charge is 0.255 e. The van der Waals surface area contributed by atoms with E-state index < -0.39 is 27.8 Å². The molecule has 0 spiro atoms. The van der Waals surface area contributed by atoms with Crippen LogP contribution in [0.25, 0.3) is 0 Å². The third kappa shape index (κ3) is 4.38. The van der Waals surface area contributed by atoms with Crippen molar-refractivity contribution in [3.05, 3.63) is 94.8 Å². The molecule has 2 N–H and O–H groups in total. The highest BCUT2D eigenvalue weighted by Crippen LogP contribution is 2.35. The van der Waals surface area contributed by atoms with Gasteiger partial charge < -0.3 is 10.4 Å². The maximum Gasteiger partial charge on any atom is 0.255 e. The van der Waals surface area contributed by atoms with Crippen LogP contribution in [0.3, 0.4) is 0 Å². The topological polar surface area (TPSA) is 83.5 Å². The summed E-state index contributed by atoms with van der Waals surface area (Å²) in [5.74, 6) is -1.62. The molecular formula is C24H22FNO4S. The quantitative estimate of drug-likeness (QED) is 0.632. The molecule has 3 aromatic carbocycles. The molecule has 7 heteroatoms. The fourth-order valence-electron chi connectivity index (χ4n) is 3.95. The standard InChI is InChI=1S/C24H22FNO4S/c1-15-11-18(9-10-22(15)25)26-24(28)17-6-4-7-19(12-17)31(29,30)14-21-20-8-3-2-5-16(20)13-23(21)27/h2-12,21,23,27H,13-14H2,1H3,(H,26,28)/t21-,23-/m0/s1. The van der Waals surface area contributed by atoms with Crippen LogP contribution in [0.1, 0.15) is 33.0 Å². The van der Waals surface area contributed by atoms with Gasteiger partial charge in [0, 0.05) is 17.2 Å². The SMILES string of the molecule is Cc1cc(NC(=O)c2cccc(S(=O)(=O)C[C@H]3c4ccccc4C[C@@H]3O)c2)ccc1F. The van der Waals surface area contributed by atoms with Gasteiger partial charge in [-0.05, 0) is 66.4 Å². The van der Waals surface area contributed by atoms with Gasteiger partial charge in [0.05, 0.1) is 16.8 Å². The van der Waals surface area contributed by atoms with Gasteiger partial charge in [-0.15, -0.1) is 0 Å². The number of hydrogen-bond acceptors (Lipinski definition) is 4. The molecule has 1 aliphatic carbocycles. The molecule has 4 rings (SSSR count). The summed E-state index contributed by atoms with van der Waals surface area (Å²) in [7, 11) is -3.75. The minimum Gasteiger partial charge on any atom is -0.392 e. The van der Waals surface area contributed by atoms with Crippen molar-refractivity contribution in [2.75, 3.05) is 11.1 Å². The van der Waals surface area contributed by atoms with Crippen LogP contribution in [0.4, 0.5) is 10.1 Å². The summed E-state index contributed by atoms with van der Waals surface area (Å²) >= 11 is 0. The number of halogens is 1. The summed E-state index contributed by atoms with van der Waals surface area (Å²) in [5.41, 5.74) is 2.79. The molecule has 0 radical (unpaired) electrons. The normalized spacial score (nSPS) is 17.9. The van der Waals surface area contributed by atoms with E-state index in [0.717, 1.165) is 11.1 Å². The summed E-state index contributed by atoms with van der Waals surface area (Å²) in [5, 5.41) is 13.1. The molecule has 160 valence electrons. The lowest BCUT2D eigenvalue weighted by atomic mass is 10.0. The Bertz CT molecular complexity index is 1260. The van der Waals surface area contributed by atoms with Crippen molar-refractivity contribution >= 4 is 21.4 Å². The van der Waals surface area contributed by atoms with E-state index in [2.05, 4.69) is 5.32 Å². The molecule has 0 aromatic heterocycles. The van der Waals surface area contributed by atoms with Crippen LogP contribution in [-0.4, -0.2) is 31.3 Å². The second kappa shape index (κ2) is 8.24. The zero-order chi connectivity index (χ0) is 22.2. The Kier molecular flexibility index (Phi) is 5.64. The number of aliphatic hydroxyl groups is 1. The van der Waals surface area contributed by atoms with Crippen LogP contribution < -0.4 is 5.32 Å². The monoisotopic (exact) mass is 439 g/mol. The number of sulfone groups is 1. The number of anilines is 1. The minimum atomic E-state index is -3.75. The van der Waals surface area contributed by atoms with Crippen molar-refractivity contribution in [3.63, 3.8) is 0 Å². The molecule has 0 bridgehead atoms. The summed E-state index contributed by atoms with van der Waals surface area (Å²) in [6, 6.07) is 17.5. The first-order valence-electron chi connectivity index (χ1n) is 9.91. The Labute approximate surface area is 180 Å². The van der Waals surface area contributed by atoms with Gasteiger partial charge in [0.1, 0.15) is 5.82 Å². The number of carbonyl (C=O) groups is 1. The lowest BCUT2D eigenvalue weighted by Gasteiger charge is -2.16. The molecule has 0 heterocycles. The van der Waals surface area contributed by atoms with E-state index in [1.54, 1.807) is 6.92 Å². The van der Waals surface area contributed by atoms with Crippen LogP contribution in [0.2, 0.25) is 0 Å². The summed E-state index contributed by atoms with van der Waals surface area (Å²) in [6.45, 7) is 1.59. The Morgan fingerprint density at radius 3 is 2.65 bits per heavy atom. The van der Waals surface area contributed by atoms with Crippen molar-refractivity contribution in [1.29, 1.82) is 0 Å². The zero-order valence-electron chi connectivity index (χ0n) is 16.9. The van der Waals surface area contributed by atoms with E-state index in [4.69, 9.17) is 0 Å². The van der Waals surface area contributed by atoms with Crippen LogP contribution in [0, 0.1) is 12.7 Å². The molecule has 1 aliphatic rings. The summed E-state index contributed by atoms with van der Waals surface area (Å²) < 4.78 is 39.6. The minimum absolute atomic E-state index is 0.0204. The number of amides is 1. The van der Waals surface area contributed by atoms with E-state index in [-0.39, 0.29) is 22.0 Å². The van der Waals surface area contributed by atoms with Crippen LogP contribution in [0.5, 0.6) is 0 Å². The van der Waals surface area contributed by atoms with Crippen molar-refractivity contribution in [3.8, 4) is 0 Å². The molecule has 3 aromatic rings. The van der Waals surface area contributed by atoms with Gasteiger partial charge in [-0.2, -0.15) is 0 Å². The molecule has 0 aliphatic heterocycles. The lowest BCUT2D eigenvalue weighted by Crippen LogP contribution is -2.23. The maximum atomic E-state index is 13.4. The highest BCUT2D eigenvalue weighted by atomic mass is 32.2. The predicted octanol–water partition coefficient (Wildman–Crippen LogP) is 3.86. The average Bonchev–Trinajstić information content (AvgIpc) is 3.05. The highest BCUT2D eigenvalue weighted by Gasteiger charge is 2.35. The number of benzene rings is 3. The van der Waals surface area contributed by atoms with E-state index >= 15 is 0 Å². The number of fused-ring (bicyclic) bond motifs is 1. The Morgan fingerprint density at radius 1 is 1.10 bits per heavy atom. The Morgan fingerprint density at radius 2 is 1.87 bits per heavy atom. The molecular weight excluding hydrogens is 417 g/mol. The molecule has 0 fully saturated rings. The lowest BCUT2D eigenvalue weighted by molar-refractivity contribution is 0.102. The van der Waals surface area contributed by atoms with E-state index in [9.17, 15) is 22.7 Å². The number of aryl methyl sites for hydroxylation is 1. The second-order valence-corrected chi connectivity index (χ2v) is 9.84. The molecule has 2 atom stereocenters. The van der Waals surface area contributed by atoms with E-state index in [1.807, 2.05) is 24.3 Å². The number of nitrogens with one attached hydrogen (secondary N) is 1. The maximum absolute atomic E-state index is 13.4. The largest absolute Gasteiger partial charge is 0.392 e. The van der Waals surface area contributed by atoms with Crippen molar-refractivity contribution in [1.82, 2.24) is 0 Å². The number of rotatable bonds is 5. The Hall–Kier alpha value is -3.03. The van der Waals surface area contributed by atoms with Crippen LogP contribution >= 0.6 is 0 Å².